The Hall–Kier alpha value is -3.36. The maximum absolute atomic E-state index is 13.4. The van der Waals surface area contributed by atoms with Gasteiger partial charge in [0.05, 0.1) is 30.0 Å². The van der Waals surface area contributed by atoms with Crippen LogP contribution in [0, 0.1) is 12.8 Å². The molecule has 0 saturated carbocycles. The topological polar surface area (TPSA) is 91.7 Å². The molecule has 3 aromatic rings. The monoisotopic (exact) mass is 517 g/mol. The van der Waals surface area contributed by atoms with Gasteiger partial charge in [0.2, 0.25) is 5.88 Å². The van der Waals surface area contributed by atoms with Gasteiger partial charge in [-0.1, -0.05) is 56.3 Å². The van der Waals surface area contributed by atoms with Crippen LogP contribution < -0.4 is 15.4 Å². The van der Waals surface area contributed by atoms with E-state index >= 15 is 0 Å². The Bertz CT molecular complexity index is 1260. The summed E-state index contributed by atoms with van der Waals surface area (Å²) in [6, 6.07) is 16.8. The second kappa shape index (κ2) is 10.8. The third-order valence-electron chi connectivity index (χ3n) is 8.02. The second-order valence-corrected chi connectivity index (χ2v) is 11.4. The Morgan fingerprint density at radius 1 is 1.11 bits per heavy atom. The number of anilines is 1. The minimum absolute atomic E-state index is 0.173. The van der Waals surface area contributed by atoms with Gasteiger partial charge in [0.15, 0.2) is 0 Å². The van der Waals surface area contributed by atoms with Crippen molar-refractivity contribution in [3.63, 3.8) is 0 Å². The molecular weight excluding hydrogens is 478 g/mol. The highest BCUT2D eigenvalue weighted by atomic mass is 16.5. The predicted molar refractivity (Wildman–Crippen MR) is 149 cm³/mol. The van der Waals surface area contributed by atoms with Crippen LogP contribution in [0.3, 0.4) is 0 Å². The van der Waals surface area contributed by atoms with E-state index in [1.807, 2.05) is 55.5 Å². The SMILES string of the molecule is Cc1c(OCC2CCN(C)CC2)nn(-c2ccccc2)c1NC(=O)NC1c2ccccc2C(C)(C)C[C@H]1O. The highest BCUT2D eigenvalue weighted by molar-refractivity contribution is 5.90. The van der Waals surface area contributed by atoms with Crippen molar-refractivity contribution in [3.8, 4) is 11.6 Å². The molecular formula is C30H39N5O3. The lowest BCUT2D eigenvalue weighted by atomic mass is 9.70. The fraction of sp³-hybridized carbons (Fsp3) is 0.467. The molecule has 5 rings (SSSR count). The number of aromatic nitrogens is 2. The van der Waals surface area contributed by atoms with Crippen LogP contribution in [0.4, 0.5) is 10.6 Å². The molecule has 2 aliphatic rings. The Labute approximate surface area is 225 Å². The first-order valence-corrected chi connectivity index (χ1v) is 13.5. The van der Waals surface area contributed by atoms with E-state index in [1.165, 1.54) is 0 Å². The number of para-hydroxylation sites is 1. The normalized spacial score (nSPS) is 21.5. The quantitative estimate of drug-likeness (QED) is 0.437. The maximum atomic E-state index is 13.4. The molecule has 1 aromatic heterocycles. The third-order valence-corrected chi connectivity index (χ3v) is 8.02. The van der Waals surface area contributed by atoms with Crippen LogP contribution in [0.2, 0.25) is 0 Å². The number of fused-ring (bicyclic) bond motifs is 1. The Kier molecular flexibility index (Phi) is 7.45. The summed E-state index contributed by atoms with van der Waals surface area (Å²) in [4.78, 5) is 15.7. The molecule has 1 unspecified atom stereocenters. The van der Waals surface area contributed by atoms with Crippen LogP contribution in [0.15, 0.2) is 54.6 Å². The number of carbonyl (C=O) groups is 1. The molecule has 1 saturated heterocycles. The summed E-state index contributed by atoms with van der Waals surface area (Å²) in [7, 11) is 2.15. The molecule has 2 aromatic carbocycles. The number of rotatable bonds is 6. The summed E-state index contributed by atoms with van der Waals surface area (Å²) in [5.74, 6) is 1.56. The largest absolute Gasteiger partial charge is 0.476 e. The van der Waals surface area contributed by atoms with Gasteiger partial charge in [-0.15, -0.1) is 5.10 Å². The molecule has 0 bridgehead atoms. The van der Waals surface area contributed by atoms with Crippen LogP contribution in [-0.2, 0) is 5.41 Å². The van der Waals surface area contributed by atoms with E-state index in [2.05, 4.69) is 42.5 Å². The van der Waals surface area contributed by atoms with Gasteiger partial charge in [-0.2, -0.15) is 0 Å². The van der Waals surface area contributed by atoms with Crippen LogP contribution in [0.25, 0.3) is 5.69 Å². The van der Waals surface area contributed by atoms with Gasteiger partial charge >= 0.3 is 6.03 Å². The average molecular weight is 518 g/mol. The first kappa shape index (κ1) is 26.3. The second-order valence-electron chi connectivity index (χ2n) is 11.4. The van der Waals surface area contributed by atoms with E-state index in [0.717, 1.165) is 48.3 Å². The molecule has 1 fully saturated rings. The Balaban J connectivity index is 1.37. The van der Waals surface area contributed by atoms with Crippen molar-refractivity contribution in [2.24, 2.45) is 5.92 Å². The van der Waals surface area contributed by atoms with Crippen molar-refractivity contribution in [2.75, 3.05) is 32.1 Å². The summed E-state index contributed by atoms with van der Waals surface area (Å²) in [6.45, 7) is 8.92. The van der Waals surface area contributed by atoms with Gasteiger partial charge < -0.3 is 20.1 Å². The van der Waals surface area contributed by atoms with Crippen molar-refractivity contribution in [1.82, 2.24) is 20.0 Å². The van der Waals surface area contributed by atoms with Crippen LogP contribution in [0.5, 0.6) is 5.88 Å². The number of carbonyl (C=O) groups excluding carboxylic acids is 1. The smallest absolute Gasteiger partial charge is 0.320 e. The maximum Gasteiger partial charge on any atom is 0.320 e. The number of likely N-dealkylation sites (tertiary alicyclic amines) is 1. The number of ether oxygens (including phenoxy) is 1. The number of hydrogen-bond acceptors (Lipinski definition) is 5. The van der Waals surface area contributed by atoms with Crippen LogP contribution in [-0.4, -0.2) is 58.7 Å². The summed E-state index contributed by atoms with van der Waals surface area (Å²) in [5.41, 5.74) is 3.51. The van der Waals surface area contributed by atoms with E-state index < -0.39 is 18.2 Å². The number of piperidine rings is 1. The minimum Gasteiger partial charge on any atom is -0.476 e. The van der Waals surface area contributed by atoms with E-state index in [-0.39, 0.29) is 5.41 Å². The zero-order chi connectivity index (χ0) is 26.9. The molecule has 3 N–H and O–H groups in total. The highest BCUT2D eigenvalue weighted by Gasteiger charge is 2.39. The standard InChI is InChI=1S/C30H39N5O3/c1-20-27(32-29(37)31-26-23-12-8-9-13-24(23)30(2,3)18-25(26)36)35(22-10-6-5-7-11-22)33-28(20)38-19-21-14-16-34(4)17-15-21/h5-13,21,25-26,36H,14-19H2,1-4H3,(H2,31,32,37)/t25-,26?/m1/s1. The average Bonchev–Trinajstić information content (AvgIpc) is 3.21. The molecule has 0 radical (unpaired) electrons. The van der Waals surface area contributed by atoms with Gasteiger partial charge in [-0.3, -0.25) is 5.32 Å². The van der Waals surface area contributed by atoms with Gasteiger partial charge in [0.1, 0.15) is 5.82 Å². The molecule has 2 heterocycles. The number of hydrogen-bond donors (Lipinski definition) is 3. The summed E-state index contributed by atoms with van der Waals surface area (Å²) in [6.07, 6.45) is 2.07. The minimum atomic E-state index is -0.695. The molecule has 0 spiro atoms. The molecule has 8 nitrogen and oxygen atoms in total. The molecule has 2 amide bonds. The number of aliphatic hydroxyl groups is 1. The Morgan fingerprint density at radius 3 is 2.53 bits per heavy atom. The first-order chi connectivity index (χ1) is 18.2. The number of nitrogens with one attached hydrogen (secondary N) is 2. The summed E-state index contributed by atoms with van der Waals surface area (Å²) < 4.78 is 7.93. The van der Waals surface area contributed by atoms with Crippen molar-refractivity contribution in [2.45, 2.75) is 57.6 Å². The number of nitrogens with zero attached hydrogens (tertiary/aromatic N) is 3. The van der Waals surface area contributed by atoms with Crippen LogP contribution in [0.1, 0.15) is 55.8 Å². The lowest BCUT2D eigenvalue weighted by molar-refractivity contribution is 0.0883. The van der Waals surface area contributed by atoms with E-state index in [0.29, 0.717) is 30.6 Å². The summed E-state index contributed by atoms with van der Waals surface area (Å²) in [5, 5.41) is 21.8. The lowest BCUT2D eigenvalue weighted by Gasteiger charge is -2.40. The molecule has 1 aliphatic heterocycles. The molecule has 1 aliphatic carbocycles. The zero-order valence-electron chi connectivity index (χ0n) is 22.8. The van der Waals surface area contributed by atoms with Gasteiger partial charge in [0, 0.05) is 0 Å². The third kappa shape index (κ3) is 5.42. The number of aliphatic hydroxyl groups excluding tert-OH is 1. The fourth-order valence-corrected chi connectivity index (χ4v) is 5.74. The molecule has 38 heavy (non-hydrogen) atoms. The lowest BCUT2D eigenvalue weighted by Crippen LogP contribution is -2.45. The highest BCUT2D eigenvalue weighted by Crippen LogP contribution is 2.41. The number of amides is 2. The molecule has 2 atom stereocenters. The first-order valence-electron chi connectivity index (χ1n) is 13.5. The zero-order valence-corrected chi connectivity index (χ0v) is 22.8. The van der Waals surface area contributed by atoms with E-state index in [4.69, 9.17) is 9.84 Å². The van der Waals surface area contributed by atoms with Gasteiger partial charge in [-0.05, 0) is 80.9 Å². The Morgan fingerprint density at radius 2 is 1.79 bits per heavy atom. The van der Waals surface area contributed by atoms with Crippen molar-refractivity contribution in [1.29, 1.82) is 0 Å². The van der Waals surface area contributed by atoms with E-state index in [1.54, 1.807) is 4.68 Å². The van der Waals surface area contributed by atoms with Crippen molar-refractivity contribution >= 4 is 11.8 Å². The number of benzene rings is 2. The predicted octanol–water partition coefficient (Wildman–Crippen LogP) is 4.81. The van der Waals surface area contributed by atoms with E-state index in [9.17, 15) is 9.90 Å². The molecule has 202 valence electrons. The van der Waals surface area contributed by atoms with Gasteiger partial charge in [-0.25, -0.2) is 9.48 Å². The van der Waals surface area contributed by atoms with Gasteiger partial charge in [0.25, 0.3) is 0 Å². The molecule has 8 heteroatoms. The van der Waals surface area contributed by atoms with Crippen molar-refractivity contribution < 1.29 is 14.6 Å². The summed E-state index contributed by atoms with van der Waals surface area (Å²) >= 11 is 0. The van der Waals surface area contributed by atoms with Crippen LogP contribution >= 0.6 is 0 Å². The number of urea groups is 1. The fourth-order valence-electron chi connectivity index (χ4n) is 5.74. The van der Waals surface area contributed by atoms with Crippen molar-refractivity contribution in [3.05, 3.63) is 71.3 Å².